The van der Waals surface area contributed by atoms with Gasteiger partial charge >= 0.3 is 0 Å². The van der Waals surface area contributed by atoms with Crippen molar-refractivity contribution in [3.8, 4) is 11.3 Å². The maximum absolute atomic E-state index is 12.9. The van der Waals surface area contributed by atoms with Crippen molar-refractivity contribution in [1.82, 2.24) is 10.5 Å². The van der Waals surface area contributed by atoms with Crippen LogP contribution in [0.4, 0.5) is 4.39 Å². The van der Waals surface area contributed by atoms with E-state index in [4.69, 9.17) is 4.52 Å². The summed E-state index contributed by atoms with van der Waals surface area (Å²) in [5.74, 6) is -0.379. The molecule has 1 unspecified atom stereocenters. The molecule has 124 valence electrons. The summed E-state index contributed by atoms with van der Waals surface area (Å²) in [6, 6.07) is 6.86. The molecule has 0 radical (unpaired) electrons. The van der Waals surface area contributed by atoms with Gasteiger partial charge in [-0.1, -0.05) is 25.9 Å². The number of hydrogen-bond acceptors (Lipinski definition) is 4. The van der Waals surface area contributed by atoms with Gasteiger partial charge in [0.05, 0.1) is 12.6 Å². The number of nitrogens with zero attached hydrogens (tertiary/aromatic N) is 1. The second-order valence-electron chi connectivity index (χ2n) is 6.70. The van der Waals surface area contributed by atoms with Gasteiger partial charge in [0.2, 0.25) is 0 Å². The Bertz CT molecular complexity index is 659. The fraction of sp³-hybridized carbons (Fsp3) is 0.412. The van der Waals surface area contributed by atoms with Gasteiger partial charge in [-0.15, -0.1) is 0 Å². The lowest BCUT2D eigenvalue weighted by molar-refractivity contribution is 0.0888. The van der Waals surface area contributed by atoms with Gasteiger partial charge in [0.25, 0.3) is 5.91 Å². The van der Waals surface area contributed by atoms with Gasteiger partial charge in [-0.25, -0.2) is 4.39 Å². The van der Waals surface area contributed by atoms with Crippen LogP contribution >= 0.6 is 0 Å². The Hall–Kier alpha value is -2.21. The SMILES string of the molecule is CC(C)(C)CC(CO)NC(=O)c1cc(-c2ccc(F)cc2)on1. The molecule has 2 N–H and O–H groups in total. The lowest BCUT2D eigenvalue weighted by Crippen LogP contribution is -2.40. The number of aromatic nitrogens is 1. The van der Waals surface area contributed by atoms with Crippen LogP contribution in [0.15, 0.2) is 34.9 Å². The molecule has 0 bridgehead atoms. The number of carbonyl (C=O) groups excluding carboxylic acids is 1. The Morgan fingerprint density at radius 3 is 2.57 bits per heavy atom. The van der Waals surface area contributed by atoms with Crippen molar-refractivity contribution in [2.24, 2.45) is 5.41 Å². The normalized spacial score (nSPS) is 12.9. The molecule has 0 aliphatic carbocycles. The fourth-order valence-electron chi connectivity index (χ4n) is 2.29. The van der Waals surface area contributed by atoms with Crippen LogP contribution in [0.1, 0.15) is 37.7 Å². The van der Waals surface area contributed by atoms with Crippen LogP contribution in [0, 0.1) is 11.2 Å². The first kappa shape index (κ1) is 17.1. The van der Waals surface area contributed by atoms with Gasteiger partial charge in [0.1, 0.15) is 5.82 Å². The van der Waals surface area contributed by atoms with Crippen molar-refractivity contribution in [1.29, 1.82) is 0 Å². The van der Waals surface area contributed by atoms with Gasteiger partial charge in [-0.05, 0) is 36.1 Å². The molecule has 0 aliphatic heterocycles. The number of amides is 1. The second kappa shape index (κ2) is 6.91. The topological polar surface area (TPSA) is 75.4 Å². The average molecular weight is 320 g/mol. The van der Waals surface area contributed by atoms with Crippen LogP contribution < -0.4 is 5.32 Å². The Morgan fingerprint density at radius 1 is 1.35 bits per heavy atom. The van der Waals surface area contributed by atoms with E-state index < -0.39 is 5.91 Å². The first-order chi connectivity index (χ1) is 10.8. The monoisotopic (exact) mass is 320 g/mol. The molecule has 0 saturated heterocycles. The van der Waals surface area contributed by atoms with Gasteiger partial charge in [0.15, 0.2) is 11.5 Å². The summed E-state index contributed by atoms with van der Waals surface area (Å²) in [5, 5.41) is 15.9. The molecule has 6 heteroatoms. The molecular weight excluding hydrogens is 299 g/mol. The highest BCUT2D eigenvalue weighted by atomic mass is 19.1. The third kappa shape index (κ3) is 4.89. The van der Waals surface area contributed by atoms with E-state index in [9.17, 15) is 14.3 Å². The van der Waals surface area contributed by atoms with E-state index in [0.29, 0.717) is 17.7 Å². The number of benzene rings is 1. The second-order valence-corrected chi connectivity index (χ2v) is 6.70. The first-order valence-corrected chi connectivity index (χ1v) is 7.43. The molecule has 5 nitrogen and oxygen atoms in total. The largest absolute Gasteiger partial charge is 0.394 e. The Balaban J connectivity index is 2.07. The molecule has 0 saturated carbocycles. The summed E-state index contributed by atoms with van der Waals surface area (Å²) in [6.07, 6.45) is 0.637. The van der Waals surface area contributed by atoms with Crippen LogP contribution in [0.5, 0.6) is 0 Å². The molecule has 1 amide bonds. The minimum absolute atomic E-state index is 0.0240. The van der Waals surface area contributed by atoms with Crippen LogP contribution in [0.2, 0.25) is 0 Å². The van der Waals surface area contributed by atoms with Gasteiger partial charge in [-0.3, -0.25) is 4.79 Å². The highest BCUT2D eigenvalue weighted by molar-refractivity contribution is 5.93. The summed E-state index contributed by atoms with van der Waals surface area (Å²) in [7, 11) is 0. The number of halogens is 1. The molecule has 2 rings (SSSR count). The summed E-state index contributed by atoms with van der Waals surface area (Å²) in [5.41, 5.74) is 0.729. The molecule has 0 spiro atoms. The maximum atomic E-state index is 12.9. The van der Waals surface area contributed by atoms with E-state index >= 15 is 0 Å². The lowest BCUT2D eigenvalue weighted by Gasteiger charge is -2.25. The predicted molar refractivity (Wildman–Crippen MR) is 84.3 cm³/mol. The first-order valence-electron chi connectivity index (χ1n) is 7.43. The number of aliphatic hydroxyl groups is 1. The predicted octanol–water partition coefficient (Wildman–Crippen LogP) is 3.01. The minimum atomic E-state index is -0.412. The molecule has 1 heterocycles. The van der Waals surface area contributed by atoms with E-state index in [1.54, 1.807) is 12.1 Å². The maximum Gasteiger partial charge on any atom is 0.273 e. The highest BCUT2D eigenvalue weighted by Gasteiger charge is 2.22. The summed E-state index contributed by atoms with van der Waals surface area (Å²) in [4.78, 5) is 12.2. The van der Waals surface area contributed by atoms with E-state index in [2.05, 4.69) is 10.5 Å². The Morgan fingerprint density at radius 2 is 2.00 bits per heavy atom. The summed E-state index contributed by atoms with van der Waals surface area (Å²) in [6.45, 7) is 5.95. The standard InChI is InChI=1S/C17H21FN2O3/c1-17(2,3)9-13(10-21)19-16(22)14-8-15(23-20-14)11-4-6-12(18)7-5-11/h4-8,13,21H,9-10H2,1-3H3,(H,19,22). The van der Waals surface area contributed by atoms with E-state index in [0.717, 1.165) is 0 Å². The van der Waals surface area contributed by atoms with Gasteiger partial charge < -0.3 is 14.9 Å². The highest BCUT2D eigenvalue weighted by Crippen LogP contribution is 2.22. The van der Waals surface area contributed by atoms with E-state index in [1.165, 1.54) is 18.2 Å². The van der Waals surface area contributed by atoms with Crippen LogP contribution in [0.25, 0.3) is 11.3 Å². The molecular formula is C17H21FN2O3. The number of carbonyl (C=O) groups is 1. The lowest BCUT2D eigenvalue weighted by atomic mass is 9.88. The molecule has 0 fully saturated rings. The van der Waals surface area contributed by atoms with Crippen molar-refractivity contribution in [3.05, 3.63) is 41.8 Å². The number of nitrogens with one attached hydrogen (secondary N) is 1. The quantitative estimate of drug-likeness (QED) is 0.888. The molecule has 1 atom stereocenters. The summed E-state index contributed by atoms with van der Waals surface area (Å²) < 4.78 is 18.1. The zero-order chi connectivity index (χ0) is 17.0. The zero-order valence-corrected chi connectivity index (χ0v) is 13.5. The van der Waals surface area contributed by atoms with E-state index in [-0.39, 0.29) is 29.6 Å². The van der Waals surface area contributed by atoms with Crippen LogP contribution in [-0.2, 0) is 0 Å². The third-order valence-corrected chi connectivity index (χ3v) is 3.29. The van der Waals surface area contributed by atoms with Crippen LogP contribution in [-0.4, -0.2) is 28.8 Å². The van der Waals surface area contributed by atoms with Gasteiger partial charge in [0, 0.05) is 11.6 Å². The molecule has 0 aliphatic rings. The molecule has 1 aromatic carbocycles. The average Bonchev–Trinajstić information content (AvgIpc) is 2.95. The number of aliphatic hydroxyl groups excluding tert-OH is 1. The molecule has 2 aromatic rings. The fourth-order valence-corrected chi connectivity index (χ4v) is 2.29. The van der Waals surface area contributed by atoms with Crippen molar-refractivity contribution in [3.63, 3.8) is 0 Å². The molecule has 1 aromatic heterocycles. The number of hydrogen-bond donors (Lipinski definition) is 2. The van der Waals surface area contributed by atoms with Gasteiger partial charge in [-0.2, -0.15) is 0 Å². The van der Waals surface area contributed by atoms with Crippen LogP contribution in [0.3, 0.4) is 0 Å². The Labute approximate surface area is 134 Å². The summed E-state index contributed by atoms with van der Waals surface area (Å²) >= 11 is 0. The Kier molecular flexibility index (Phi) is 5.15. The van der Waals surface area contributed by atoms with E-state index in [1.807, 2.05) is 20.8 Å². The molecule has 23 heavy (non-hydrogen) atoms. The van der Waals surface area contributed by atoms with Crippen molar-refractivity contribution >= 4 is 5.91 Å². The minimum Gasteiger partial charge on any atom is -0.394 e. The van der Waals surface area contributed by atoms with Crippen molar-refractivity contribution in [2.45, 2.75) is 33.2 Å². The number of rotatable bonds is 5. The third-order valence-electron chi connectivity index (χ3n) is 3.29. The smallest absolute Gasteiger partial charge is 0.273 e. The zero-order valence-electron chi connectivity index (χ0n) is 13.5. The van der Waals surface area contributed by atoms with Crippen molar-refractivity contribution in [2.75, 3.05) is 6.61 Å². The van der Waals surface area contributed by atoms with Crippen molar-refractivity contribution < 1.29 is 18.8 Å².